The molecule has 5 aromatic carbocycles. The van der Waals surface area contributed by atoms with Crippen LogP contribution < -0.4 is 80.9 Å². The summed E-state index contributed by atoms with van der Waals surface area (Å²) in [6, 6.07) is 25.4. The zero-order valence-corrected chi connectivity index (χ0v) is 34.0. The molecule has 12 nitrogen and oxygen atoms in total. The molecule has 16 heteroatoms. The molecule has 0 aromatic heterocycles. The van der Waals surface area contributed by atoms with E-state index in [0.717, 1.165) is 55.4 Å². The Labute approximate surface area is 354 Å². The van der Waals surface area contributed by atoms with Crippen molar-refractivity contribution in [1.29, 1.82) is 0 Å². The van der Waals surface area contributed by atoms with Crippen molar-refractivity contribution in [2.24, 2.45) is 20.5 Å². The van der Waals surface area contributed by atoms with Gasteiger partial charge in [-0.15, -0.1) is 5.11 Å². The van der Waals surface area contributed by atoms with E-state index in [9.17, 15) is 36.2 Å². The first-order chi connectivity index (χ1) is 22.8. The van der Waals surface area contributed by atoms with Crippen molar-refractivity contribution >= 4 is 53.8 Å². The van der Waals surface area contributed by atoms with Gasteiger partial charge in [-0.2, -0.15) is 15.3 Å². The van der Waals surface area contributed by atoms with Crippen molar-refractivity contribution < 1.29 is 117 Å². The average Bonchev–Trinajstić information content (AvgIpc) is 3.07. The van der Waals surface area contributed by atoms with Crippen LogP contribution in [0.15, 0.2) is 127 Å². The number of hydrogen-bond donors (Lipinski definition) is 2. The predicted molar refractivity (Wildman–Crippen MR) is 175 cm³/mol. The van der Waals surface area contributed by atoms with Crippen molar-refractivity contribution in [3.05, 3.63) is 108 Å². The van der Waals surface area contributed by atoms with Gasteiger partial charge in [0.25, 0.3) is 0 Å². The molecule has 1 aliphatic carbocycles. The number of nitrogens with zero attached hydrogens (tertiary/aromatic N) is 4. The molecule has 0 unspecified atom stereocenters. The van der Waals surface area contributed by atoms with E-state index in [1.54, 1.807) is 36.4 Å². The monoisotopic (exact) mass is 746 g/mol. The third-order valence-electron chi connectivity index (χ3n) is 8.51. The Morgan fingerprint density at radius 1 is 0.600 bits per heavy atom. The molecule has 50 heavy (non-hydrogen) atoms. The fourth-order valence-electron chi connectivity index (χ4n) is 6.15. The second-order valence-corrected chi connectivity index (χ2v) is 14.2. The molecule has 1 aliphatic rings. The molecule has 0 bridgehead atoms. The Balaban J connectivity index is 0.00000281. The largest absolute Gasteiger partial charge is 1.00 e. The zero-order valence-electron chi connectivity index (χ0n) is 27.2. The summed E-state index contributed by atoms with van der Waals surface area (Å²) in [5.74, 6) is -0.349. The summed E-state index contributed by atoms with van der Waals surface area (Å²) >= 11 is 0. The number of phenolic OH excluding ortho intramolecular Hbond substituents is 2. The van der Waals surface area contributed by atoms with Crippen LogP contribution in [0.25, 0.3) is 10.8 Å². The van der Waals surface area contributed by atoms with Crippen molar-refractivity contribution in [3.63, 3.8) is 0 Å². The molecule has 5 aromatic rings. The SMILES string of the molecule is O=S(=O)([O-])c1cc(S(=O)(=O)[O-])c2c(N=Nc3ccc(C4(c5ccc(N=Nc6ccc(O)cc6)cc5)CCCCC4)cc3)c(O)ccc2c1.[K+].[Na+]. The van der Waals surface area contributed by atoms with E-state index in [0.29, 0.717) is 23.1 Å². The van der Waals surface area contributed by atoms with Gasteiger partial charge in [0.15, 0.2) is 0 Å². The fraction of sp³-hybridized carbons (Fsp3) is 0.176. The number of rotatable bonds is 8. The number of benzene rings is 5. The van der Waals surface area contributed by atoms with Crippen LogP contribution >= 0.6 is 0 Å². The van der Waals surface area contributed by atoms with E-state index < -0.39 is 35.8 Å². The molecular formula is C34H28KN4NaO8S2. The summed E-state index contributed by atoms with van der Waals surface area (Å²) < 4.78 is 71.1. The van der Waals surface area contributed by atoms with Gasteiger partial charge in [-0.1, -0.05) is 49.6 Å². The minimum Gasteiger partial charge on any atom is -0.744 e. The first kappa shape index (κ1) is 40.4. The van der Waals surface area contributed by atoms with Crippen LogP contribution in [0.1, 0.15) is 43.2 Å². The van der Waals surface area contributed by atoms with Gasteiger partial charge < -0.3 is 19.3 Å². The minimum atomic E-state index is -5.29. The molecule has 0 aliphatic heterocycles. The van der Waals surface area contributed by atoms with E-state index >= 15 is 0 Å². The maximum absolute atomic E-state index is 12.1. The van der Waals surface area contributed by atoms with Crippen molar-refractivity contribution in [3.8, 4) is 11.5 Å². The molecule has 0 atom stereocenters. The predicted octanol–water partition coefficient (Wildman–Crippen LogP) is 2.15. The van der Waals surface area contributed by atoms with Crippen LogP contribution in [-0.2, 0) is 25.7 Å². The molecule has 0 heterocycles. The Hall–Kier alpha value is -2.38. The van der Waals surface area contributed by atoms with Gasteiger partial charge in [0.2, 0.25) is 0 Å². The molecule has 2 N–H and O–H groups in total. The van der Waals surface area contributed by atoms with Gasteiger partial charge in [-0.25, -0.2) is 16.8 Å². The smallest absolute Gasteiger partial charge is 0.744 e. The Kier molecular flexibility index (Phi) is 13.3. The van der Waals surface area contributed by atoms with Gasteiger partial charge in [-0.3, -0.25) is 0 Å². The Morgan fingerprint density at radius 3 is 1.56 bits per heavy atom. The molecule has 1 fully saturated rings. The summed E-state index contributed by atoms with van der Waals surface area (Å²) in [7, 11) is -10.4. The average molecular weight is 747 g/mol. The number of aromatic hydroxyl groups is 2. The number of hydrogen-bond acceptors (Lipinski definition) is 12. The van der Waals surface area contributed by atoms with Crippen molar-refractivity contribution in [2.75, 3.05) is 0 Å². The van der Waals surface area contributed by atoms with E-state index in [4.69, 9.17) is 0 Å². The van der Waals surface area contributed by atoms with E-state index in [2.05, 4.69) is 32.6 Å². The van der Waals surface area contributed by atoms with Crippen LogP contribution in [0.2, 0.25) is 0 Å². The van der Waals surface area contributed by atoms with Crippen molar-refractivity contribution in [1.82, 2.24) is 0 Å². The Bertz CT molecular complexity index is 2280. The van der Waals surface area contributed by atoms with Gasteiger partial charge in [-0.05, 0) is 96.1 Å². The standard InChI is InChI=1S/C34H30N4O8S2.K.Na/c39-28-15-13-27(14-16-28)36-35-25-9-5-23(6-10-25)34(18-2-1-3-19-34)24-7-11-26(12-8-24)37-38-33-30(40)17-4-22-20-29(47(41,42)43)21-31(32(22)33)48(44,45)46;;/h4-17,20-21,39-40H,1-3,18-19H2,(H,41,42,43)(H,44,45,46);;/q;2*+1/p-2. The first-order valence-corrected chi connectivity index (χ1v) is 17.7. The normalized spacial score (nSPS) is 14.8. The van der Waals surface area contributed by atoms with Crippen molar-refractivity contribution in [2.45, 2.75) is 47.3 Å². The molecule has 246 valence electrons. The van der Waals surface area contributed by atoms with Gasteiger partial charge in [0, 0.05) is 10.8 Å². The summed E-state index contributed by atoms with van der Waals surface area (Å²) in [5, 5.41) is 36.3. The van der Waals surface area contributed by atoms with Crippen LogP contribution in [0, 0.1) is 0 Å². The van der Waals surface area contributed by atoms with E-state index in [-0.39, 0.29) is 109 Å². The summed E-state index contributed by atoms with van der Waals surface area (Å²) in [6.45, 7) is 0. The van der Waals surface area contributed by atoms with Crippen LogP contribution in [0.4, 0.5) is 22.7 Å². The third-order valence-corrected chi connectivity index (χ3v) is 10.2. The Morgan fingerprint density at radius 2 is 1.08 bits per heavy atom. The molecule has 0 amide bonds. The summed E-state index contributed by atoms with van der Waals surface area (Å²) in [6.07, 6.45) is 5.08. The molecule has 0 radical (unpaired) electrons. The van der Waals surface area contributed by atoms with Crippen LogP contribution in [0.5, 0.6) is 11.5 Å². The second kappa shape index (κ2) is 16.5. The molecule has 0 spiro atoms. The number of phenols is 2. The quantitative estimate of drug-likeness (QED) is 0.136. The summed E-state index contributed by atoms with van der Waals surface area (Å²) in [5.41, 5.74) is 3.25. The fourth-order valence-corrected chi connectivity index (χ4v) is 7.49. The number of fused-ring (bicyclic) bond motifs is 1. The molecule has 6 rings (SSSR count). The van der Waals surface area contributed by atoms with Gasteiger partial charge in [0.1, 0.15) is 37.4 Å². The zero-order chi connectivity index (χ0) is 34.1. The number of azo groups is 2. The maximum Gasteiger partial charge on any atom is 1.00 e. The molecule has 1 saturated carbocycles. The van der Waals surface area contributed by atoms with Crippen LogP contribution in [-0.4, -0.2) is 36.2 Å². The topological polar surface area (TPSA) is 204 Å². The second-order valence-electron chi connectivity index (χ2n) is 11.5. The van der Waals surface area contributed by atoms with Gasteiger partial charge in [0.05, 0.1) is 26.9 Å². The van der Waals surface area contributed by atoms with Gasteiger partial charge >= 0.3 is 80.9 Å². The minimum absolute atomic E-state index is 0. The van der Waals surface area contributed by atoms with E-state index in [1.807, 2.05) is 24.3 Å². The van der Waals surface area contributed by atoms with E-state index in [1.165, 1.54) is 6.07 Å². The van der Waals surface area contributed by atoms with Crippen LogP contribution in [0.3, 0.4) is 0 Å². The summed E-state index contributed by atoms with van der Waals surface area (Å²) in [4.78, 5) is -1.92. The first-order valence-electron chi connectivity index (χ1n) is 14.9. The molecular weight excluding hydrogens is 719 g/mol. The molecule has 0 saturated heterocycles. The maximum atomic E-state index is 12.1. The third kappa shape index (κ3) is 8.97.